The number of ether oxygens (including phenoxy) is 1. The van der Waals surface area contributed by atoms with Crippen LogP contribution in [0.15, 0.2) is 6.07 Å². The standard InChI is InChI=1S/C14H26N4O2/c1-11-8-13(3)18(17-11)7-5-6-15-9-14(19)16-12(2)10-20-4/h8,12,15H,5-7,9-10H2,1-4H3,(H,16,19). The van der Waals surface area contributed by atoms with Crippen molar-refractivity contribution in [3.63, 3.8) is 0 Å². The van der Waals surface area contributed by atoms with Gasteiger partial charge in [0, 0.05) is 25.4 Å². The number of aromatic nitrogens is 2. The van der Waals surface area contributed by atoms with E-state index in [1.165, 1.54) is 5.69 Å². The zero-order valence-electron chi connectivity index (χ0n) is 12.9. The monoisotopic (exact) mass is 282 g/mol. The Morgan fingerprint density at radius 2 is 2.25 bits per heavy atom. The fourth-order valence-electron chi connectivity index (χ4n) is 2.07. The third-order valence-corrected chi connectivity index (χ3v) is 2.94. The molecule has 20 heavy (non-hydrogen) atoms. The van der Waals surface area contributed by atoms with Crippen molar-refractivity contribution in [1.82, 2.24) is 20.4 Å². The highest BCUT2D eigenvalue weighted by Gasteiger charge is 2.06. The highest BCUT2D eigenvalue weighted by molar-refractivity contribution is 5.78. The summed E-state index contributed by atoms with van der Waals surface area (Å²) in [6.07, 6.45) is 0.947. The summed E-state index contributed by atoms with van der Waals surface area (Å²) in [7, 11) is 1.62. The van der Waals surface area contributed by atoms with Crippen LogP contribution in [0.1, 0.15) is 24.7 Å². The molecule has 0 saturated heterocycles. The molecule has 2 N–H and O–H groups in total. The van der Waals surface area contributed by atoms with Gasteiger partial charge in [0.05, 0.1) is 18.8 Å². The molecule has 0 bridgehead atoms. The average Bonchev–Trinajstić information content (AvgIpc) is 2.67. The van der Waals surface area contributed by atoms with Crippen LogP contribution in [0.25, 0.3) is 0 Å². The van der Waals surface area contributed by atoms with Crippen LogP contribution in [-0.4, -0.2) is 48.5 Å². The van der Waals surface area contributed by atoms with Crippen LogP contribution in [0, 0.1) is 13.8 Å². The number of carbonyl (C=O) groups excluding carboxylic acids is 1. The van der Waals surface area contributed by atoms with E-state index in [0.717, 1.165) is 25.2 Å². The Morgan fingerprint density at radius 1 is 1.50 bits per heavy atom. The molecule has 0 spiro atoms. The second kappa shape index (κ2) is 8.71. The smallest absolute Gasteiger partial charge is 0.234 e. The van der Waals surface area contributed by atoms with Crippen molar-refractivity contribution in [1.29, 1.82) is 0 Å². The minimum Gasteiger partial charge on any atom is -0.383 e. The van der Waals surface area contributed by atoms with E-state index in [1.54, 1.807) is 7.11 Å². The van der Waals surface area contributed by atoms with Crippen molar-refractivity contribution in [2.45, 2.75) is 39.8 Å². The van der Waals surface area contributed by atoms with Crippen molar-refractivity contribution in [2.24, 2.45) is 0 Å². The molecule has 0 fully saturated rings. The van der Waals surface area contributed by atoms with Gasteiger partial charge < -0.3 is 15.4 Å². The fourth-order valence-corrected chi connectivity index (χ4v) is 2.07. The number of hydrogen-bond acceptors (Lipinski definition) is 4. The van der Waals surface area contributed by atoms with E-state index in [0.29, 0.717) is 13.2 Å². The Bertz CT molecular complexity index is 417. The van der Waals surface area contributed by atoms with E-state index in [-0.39, 0.29) is 11.9 Å². The van der Waals surface area contributed by atoms with E-state index >= 15 is 0 Å². The number of rotatable bonds is 9. The maximum Gasteiger partial charge on any atom is 0.234 e. The summed E-state index contributed by atoms with van der Waals surface area (Å²) in [5.41, 5.74) is 2.22. The molecule has 1 aromatic rings. The van der Waals surface area contributed by atoms with Gasteiger partial charge in [-0.15, -0.1) is 0 Å². The SMILES string of the molecule is COCC(C)NC(=O)CNCCCn1nc(C)cc1C. The van der Waals surface area contributed by atoms with Crippen molar-refractivity contribution in [3.05, 3.63) is 17.5 Å². The van der Waals surface area contributed by atoms with E-state index in [1.807, 2.05) is 18.5 Å². The van der Waals surface area contributed by atoms with Gasteiger partial charge in [-0.05, 0) is 39.8 Å². The minimum atomic E-state index is 0.000615. The highest BCUT2D eigenvalue weighted by Crippen LogP contribution is 2.01. The third-order valence-electron chi connectivity index (χ3n) is 2.94. The van der Waals surface area contributed by atoms with Crippen molar-refractivity contribution >= 4 is 5.91 Å². The van der Waals surface area contributed by atoms with Gasteiger partial charge in [0.25, 0.3) is 0 Å². The number of methoxy groups -OCH3 is 1. The molecule has 1 heterocycles. The van der Waals surface area contributed by atoms with Gasteiger partial charge in [-0.3, -0.25) is 9.48 Å². The first-order chi connectivity index (χ1) is 9.52. The lowest BCUT2D eigenvalue weighted by atomic mass is 10.3. The van der Waals surface area contributed by atoms with Gasteiger partial charge in [0.2, 0.25) is 5.91 Å². The summed E-state index contributed by atoms with van der Waals surface area (Å²) in [4.78, 5) is 11.6. The highest BCUT2D eigenvalue weighted by atomic mass is 16.5. The first-order valence-corrected chi connectivity index (χ1v) is 7.03. The van der Waals surface area contributed by atoms with Crippen LogP contribution in [0.4, 0.5) is 0 Å². The molecule has 114 valence electrons. The molecule has 6 nitrogen and oxygen atoms in total. The summed E-state index contributed by atoms with van der Waals surface area (Å²) in [6.45, 7) is 8.50. The molecule has 1 rings (SSSR count). The van der Waals surface area contributed by atoms with Crippen molar-refractivity contribution in [3.8, 4) is 0 Å². The Kier molecular flexibility index (Phi) is 7.25. The molecule has 0 aliphatic rings. The number of aryl methyl sites for hydroxylation is 3. The van der Waals surface area contributed by atoms with Gasteiger partial charge in [-0.25, -0.2) is 0 Å². The Balaban J connectivity index is 2.10. The molecule has 0 aliphatic carbocycles. The molecule has 1 unspecified atom stereocenters. The fraction of sp³-hybridized carbons (Fsp3) is 0.714. The lowest BCUT2D eigenvalue weighted by Crippen LogP contribution is -2.41. The summed E-state index contributed by atoms with van der Waals surface area (Å²) < 4.78 is 6.96. The van der Waals surface area contributed by atoms with E-state index in [2.05, 4.69) is 28.7 Å². The molecule has 0 radical (unpaired) electrons. The maximum atomic E-state index is 11.6. The molecule has 0 aromatic carbocycles. The van der Waals surface area contributed by atoms with Crippen molar-refractivity contribution in [2.75, 3.05) is 26.8 Å². The quantitative estimate of drug-likeness (QED) is 0.652. The first kappa shape index (κ1) is 16.7. The molecule has 1 aromatic heterocycles. The number of hydrogen-bond donors (Lipinski definition) is 2. The zero-order valence-corrected chi connectivity index (χ0v) is 12.9. The number of amides is 1. The first-order valence-electron chi connectivity index (χ1n) is 7.03. The van der Waals surface area contributed by atoms with Gasteiger partial charge in [0.1, 0.15) is 0 Å². The molecule has 0 aliphatic heterocycles. The van der Waals surface area contributed by atoms with Crippen LogP contribution in [0.2, 0.25) is 0 Å². The second-order valence-electron chi connectivity index (χ2n) is 5.10. The van der Waals surface area contributed by atoms with Crippen LogP contribution in [0.5, 0.6) is 0 Å². The van der Waals surface area contributed by atoms with Crippen LogP contribution < -0.4 is 10.6 Å². The number of nitrogens with one attached hydrogen (secondary N) is 2. The average molecular weight is 282 g/mol. The number of carbonyl (C=O) groups is 1. The largest absolute Gasteiger partial charge is 0.383 e. The minimum absolute atomic E-state index is 0.000615. The van der Waals surface area contributed by atoms with Crippen LogP contribution in [-0.2, 0) is 16.1 Å². The summed E-state index contributed by atoms with van der Waals surface area (Å²) >= 11 is 0. The molecule has 1 amide bonds. The van der Waals surface area contributed by atoms with Crippen molar-refractivity contribution < 1.29 is 9.53 Å². The molecule has 1 atom stereocenters. The topological polar surface area (TPSA) is 68.2 Å². The molecular formula is C14H26N4O2. The van der Waals surface area contributed by atoms with E-state index in [9.17, 15) is 4.79 Å². The predicted molar refractivity (Wildman–Crippen MR) is 78.7 cm³/mol. The normalized spacial score (nSPS) is 12.4. The van der Waals surface area contributed by atoms with Crippen LogP contribution >= 0.6 is 0 Å². The van der Waals surface area contributed by atoms with Gasteiger partial charge in [-0.2, -0.15) is 5.10 Å². The van der Waals surface area contributed by atoms with Gasteiger partial charge in [0.15, 0.2) is 0 Å². The Morgan fingerprint density at radius 3 is 2.85 bits per heavy atom. The summed E-state index contributed by atoms with van der Waals surface area (Å²) in [6, 6.07) is 2.11. The third kappa shape index (κ3) is 6.16. The maximum absolute atomic E-state index is 11.6. The van der Waals surface area contributed by atoms with E-state index < -0.39 is 0 Å². The second-order valence-corrected chi connectivity index (χ2v) is 5.10. The molecule has 0 saturated carbocycles. The summed E-state index contributed by atoms with van der Waals surface area (Å²) in [5, 5.41) is 10.4. The summed E-state index contributed by atoms with van der Waals surface area (Å²) in [5.74, 6) is 0.000615. The molecular weight excluding hydrogens is 256 g/mol. The molecule has 6 heteroatoms. The number of nitrogens with zero attached hydrogens (tertiary/aromatic N) is 2. The zero-order chi connectivity index (χ0) is 15.0. The Labute approximate surface area is 120 Å². The van der Waals surface area contributed by atoms with Gasteiger partial charge >= 0.3 is 0 Å². The predicted octanol–water partition coefficient (Wildman–Crippen LogP) is 0.631. The van der Waals surface area contributed by atoms with Crippen LogP contribution in [0.3, 0.4) is 0 Å². The van der Waals surface area contributed by atoms with Gasteiger partial charge in [-0.1, -0.05) is 0 Å². The Hall–Kier alpha value is -1.40. The lowest BCUT2D eigenvalue weighted by Gasteiger charge is -2.13. The van der Waals surface area contributed by atoms with E-state index in [4.69, 9.17) is 4.74 Å². The lowest BCUT2D eigenvalue weighted by molar-refractivity contribution is -0.121.